The highest BCUT2D eigenvalue weighted by atomic mass is 32.2. The Morgan fingerprint density at radius 3 is 2.30 bits per heavy atom. The third kappa shape index (κ3) is 5.37. The van der Waals surface area contributed by atoms with Crippen molar-refractivity contribution in [2.45, 2.75) is 16.2 Å². The van der Waals surface area contributed by atoms with Crippen molar-refractivity contribution in [1.29, 1.82) is 0 Å². The van der Waals surface area contributed by atoms with Gasteiger partial charge in [0, 0.05) is 28.6 Å². The second-order valence-corrected chi connectivity index (χ2v) is 11.8. The number of ether oxygens (including phenoxy) is 2. The number of aromatic amines is 1. The number of thiazole rings is 1. The van der Waals surface area contributed by atoms with E-state index in [9.17, 15) is 29.3 Å². The van der Waals surface area contributed by atoms with E-state index in [1.54, 1.807) is 55.6 Å². The van der Waals surface area contributed by atoms with Gasteiger partial charge in [-0.25, -0.2) is 4.90 Å². The summed E-state index contributed by atoms with van der Waals surface area (Å²) in [4.78, 5) is 66.7. The monoisotopic (exact) mass is 618 g/mol. The highest BCUT2D eigenvalue weighted by Crippen LogP contribution is 2.53. The number of nitro groups is 1. The number of aromatic nitrogens is 1. The Balaban J connectivity index is 1.22. The van der Waals surface area contributed by atoms with Crippen LogP contribution in [0.3, 0.4) is 0 Å². The zero-order valence-electron chi connectivity index (χ0n) is 22.3. The first-order chi connectivity index (χ1) is 20.7. The molecule has 1 saturated heterocycles. The molecule has 0 radical (unpaired) electrons. The van der Waals surface area contributed by atoms with Crippen LogP contribution in [0.4, 0.5) is 17.1 Å². The first-order valence-corrected chi connectivity index (χ1v) is 14.6. The number of hydrogen-bond donors (Lipinski definition) is 2. The normalized spacial score (nSPS) is 19.0. The molecule has 2 aliphatic heterocycles. The molecule has 218 valence electrons. The number of nitro benzene ring substituents is 1. The van der Waals surface area contributed by atoms with Crippen molar-refractivity contribution in [3.8, 4) is 11.5 Å². The lowest BCUT2D eigenvalue weighted by Gasteiger charge is -2.29. The van der Waals surface area contributed by atoms with E-state index in [-0.39, 0.29) is 28.8 Å². The molecule has 43 heavy (non-hydrogen) atoms. The summed E-state index contributed by atoms with van der Waals surface area (Å²) in [6.45, 7) is -0.239. The molecule has 14 heteroatoms. The summed E-state index contributed by atoms with van der Waals surface area (Å²) in [6, 6.07) is 18.9. The van der Waals surface area contributed by atoms with Crippen molar-refractivity contribution in [1.82, 2.24) is 4.98 Å². The predicted octanol–water partition coefficient (Wildman–Crippen LogP) is 4.17. The largest absolute Gasteiger partial charge is 0.497 e. The molecule has 0 bridgehead atoms. The highest BCUT2D eigenvalue weighted by Gasteiger charge is 2.56. The fraction of sp³-hybridized carbons (Fsp3) is 0.172. The van der Waals surface area contributed by atoms with Crippen molar-refractivity contribution in [2.24, 2.45) is 5.92 Å². The lowest BCUT2D eigenvalue weighted by atomic mass is 9.83. The molecule has 4 aromatic rings. The number of anilines is 2. The number of amides is 3. The molecule has 1 aromatic heterocycles. The zero-order valence-corrected chi connectivity index (χ0v) is 24.0. The molecule has 3 aromatic carbocycles. The summed E-state index contributed by atoms with van der Waals surface area (Å²) >= 11 is 2.13. The van der Waals surface area contributed by atoms with Crippen molar-refractivity contribution in [2.75, 3.05) is 23.9 Å². The third-order valence-corrected chi connectivity index (χ3v) is 9.53. The summed E-state index contributed by atoms with van der Waals surface area (Å²) in [6.07, 6.45) is 0. The number of carbonyl (C=O) groups is 3. The van der Waals surface area contributed by atoms with Crippen LogP contribution in [0.2, 0.25) is 0 Å². The van der Waals surface area contributed by atoms with E-state index in [1.165, 1.54) is 24.3 Å². The highest BCUT2D eigenvalue weighted by molar-refractivity contribution is 8.00. The summed E-state index contributed by atoms with van der Waals surface area (Å²) < 4.78 is 10.8. The van der Waals surface area contributed by atoms with Crippen molar-refractivity contribution >= 4 is 57.9 Å². The van der Waals surface area contributed by atoms with E-state index in [4.69, 9.17) is 9.47 Å². The smallest absolute Gasteiger partial charge is 0.305 e. The van der Waals surface area contributed by atoms with E-state index in [0.717, 1.165) is 28.0 Å². The molecule has 1 fully saturated rings. The summed E-state index contributed by atoms with van der Waals surface area (Å²) in [5.74, 6) is -1.60. The molecule has 0 saturated carbocycles. The van der Waals surface area contributed by atoms with Crippen LogP contribution in [-0.2, 0) is 14.4 Å². The van der Waals surface area contributed by atoms with Crippen LogP contribution in [0.25, 0.3) is 0 Å². The SMILES string of the molecule is COc1ccc(NC(=O)COc2ccc([C@H]3c4sc(=O)[nH]c4SC4C(=O)N(c5ccc([N+](=O)[O-])cc5)C(=O)C43)cc2)cc1. The Labute approximate surface area is 251 Å². The van der Waals surface area contributed by atoms with Crippen LogP contribution in [0.5, 0.6) is 11.5 Å². The quantitative estimate of drug-likeness (QED) is 0.168. The molecule has 3 amide bonds. The molecule has 6 rings (SSSR count). The second-order valence-electron chi connectivity index (χ2n) is 9.67. The standard InChI is InChI=1S/C29H22N4O8S2/c1-40-19-12-4-16(5-13-19)30-21(34)14-41-20-10-2-15(3-11-20)22-23-25(42-26-24(22)43-29(37)31-26)28(36)32(27(23)35)17-6-8-18(9-7-17)33(38)39/h2-13,22-23,25H,14H2,1H3,(H,30,34)(H,31,37)/t22-,23?,25?/m1/s1. The molecule has 12 nitrogen and oxygen atoms in total. The number of carbonyl (C=O) groups excluding carboxylic acids is 3. The summed E-state index contributed by atoms with van der Waals surface area (Å²) in [5.41, 5.74) is 1.36. The van der Waals surface area contributed by atoms with Crippen LogP contribution in [0.15, 0.2) is 82.6 Å². The zero-order chi connectivity index (χ0) is 30.2. The van der Waals surface area contributed by atoms with Crippen LogP contribution in [-0.4, -0.2) is 46.6 Å². The number of rotatable bonds is 8. The maximum Gasteiger partial charge on any atom is 0.305 e. The molecular formula is C29H22N4O8S2. The number of H-pyrrole nitrogens is 1. The van der Waals surface area contributed by atoms with Crippen LogP contribution < -0.4 is 24.6 Å². The molecule has 2 N–H and O–H groups in total. The van der Waals surface area contributed by atoms with E-state index >= 15 is 0 Å². The maximum atomic E-state index is 13.8. The number of methoxy groups -OCH3 is 1. The Morgan fingerprint density at radius 1 is 0.977 bits per heavy atom. The fourth-order valence-corrected chi connectivity index (χ4v) is 7.66. The Bertz CT molecular complexity index is 1780. The first-order valence-electron chi connectivity index (χ1n) is 12.9. The first kappa shape index (κ1) is 28.2. The van der Waals surface area contributed by atoms with Crippen LogP contribution in [0, 0.1) is 16.0 Å². The lowest BCUT2D eigenvalue weighted by Crippen LogP contribution is -2.32. The summed E-state index contributed by atoms with van der Waals surface area (Å²) in [5, 5.41) is 13.5. The van der Waals surface area contributed by atoms with Gasteiger partial charge in [-0.2, -0.15) is 0 Å². The molecule has 3 atom stereocenters. The molecule has 2 unspecified atom stereocenters. The van der Waals surface area contributed by atoms with Gasteiger partial charge in [-0.15, -0.1) is 0 Å². The average molecular weight is 619 g/mol. The Kier molecular flexibility index (Phi) is 7.46. The van der Waals surface area contributed by atoms with Gasteiger partial charge in [0.15, 0.2) is 6.61 Å². The topological polar surface area (TPSA) is 161 Å². The molecule has 0 spiro atoms. The van der Waals surface area contributed by atoms with Crippen molar-refractivity contribution in [3.05, 3.63) is 103 Å². The molecule has 2 aliphatic rings. The van der Waals surface area contributed by atoms with Gasteiger partial charge in [0.1, 0.15) is 16.7 Å². The number of hydrogen-bond acceptors (Lipinski definition) is 10. The van der Waals surface area contributed by atoms with Crippen LogP contribution >= 0.6 is 23.1 Å². The van der Waals surface area contributed by atoms with Gasteiger partial charge in [-0.1, -0.05) is 35.2 Å². The van der Waals surface area contributed by atoms with Gasteiger partial charge in [0.25, 0.3) is 11.6 Å². The lowest BCUT2D eigenvalue weighted by molar-refractivity contribution is -0.384. The minimum atomic E-state index is -0.811. The van der Waals surface area contributed by atoms with Gasteiger partial charge < -0.3 is 19.8 Å². The minimum absolute atomic E-state index is 0.159. The van der Waals surface area contributed by atoms with Gasteiger partial charge in [-0.3, -0.25) is 29.3 Å². The minimum Gasteiger partial charge on any atom is -0.497 e. The average Bonchev–Trinajstić information content (AvgIpc) is 3.50. The fourth-order valence-electron chi connectivity index (χ4n) is 5.15. The van der Waals surface area contributed by atoms with E-state index in [0.29, 0.717) is 32.7 Å². The number of nitrogens with zero attached hydrogens (tertiary/aromatic N) is 2. The third-order valence-electron chi connectivity index (χ3n) is 7.13. The van der Waals surface area contributed by atoms with Crippen molar-refractivity contribution in [3.63, 3.8) is 0 Å². The number of imide groups is 1. The second kappa shape index (κ2) is 11.4. The Morgan fingerprint density at radius 2 is 1.65 bits per heavy atom. The molecular weight excluding hydrogens is 596 g/mol. The molecule has 3 heterocycles. The van der Waals surface area contributed by atoms with Gasteiger partial charge in [-0.05, 0) is 54.1 Å². The molecule has 0 aliphatic carbocycles. The van der Waals surface area contributed by atoms with Gasteiger partial charge in [0.2, 0.25) is 11.8 Å². The Hall–Kier alpha value is -4.95. The van der Waals surface area contributed by atoms with Crippen molar-refractivity contribution < 1.29 is 28.8 Å². The van der Waals surface area contributed by atoms with E-state index < -0.39 is 33.8 Å². The van der Waals surface area contributed by atoms with E-state index in [1.807, 2.05) is 0 Å². The number of thioether (sulfide) groups is 1. The number of fused-ring (bicyclic) bond motifs is 2. The van der Waals surface area contributed by atoms with E-state index in [2.05, 4.69) is 10.3 Å². The maximum absolute atomic E-state index is 13.8. The van der Waals surface area contributed by atoms with Gasteiger partial charge >= 0.3 is 4.87 Å². The predicted molar refractivity (Wildman–Crippen MR) is 159 cm³/mol. The number of nitrogens with one attached hydrogen (secondary N) is 2. The number of non-ortho nitro benzene ring substituents is 1. The van der Waals surface area contributed by atoms with Gasteiger partial charge in [0.05, 0.1) is 28.7 Å². The summed E-state index contributed by atoms with van der Waals surface area (Å²) in [7, 11) is 1.55. The van der Waals surface area contributed by atoms with Crippen LogP contribution in [0.1, 0.15) is 16.4 Å². The number of benzene rings is 3.